The first kappa shape index (κ1) is 24.9. The van der Waals surface area contributed by atoms with Crippen molar-refractivity contribution < 1.29 is 19.1 Å². The Hall–Kier alpha value is -4.17. The highest BCUT2D eigenvalue weighted by molar-refractivity contribution is 5.94. The van der Waals surface area contributed by atoms with E-state index in [1.165, 1.54) is 13.1 Å². The molecular weight excluding hydrogens is 456 g/mol. The Morgan fingerprint density at radius 3 is 2.31 bits per heavy atom. The second-order valence-corrected chi connectivity index (χ2v) is 8.49. The number of hydrazone groups is 1. The van der Waals surface area contributed by atoms with Crippen molar-refractivity contribution in [3.8, 4) is 11.5 Å². The van der Waals surface area contributed by atoms with Crippen LogP contribution in [0.4, 0.5) is 5.69 Å². The summed E-state index contributed by atoms with van der Waals surface area (Å²) in [6.45, 7) is 5.97. The maximum Gasteiger partial charge on any atom is 0.308 e. The van der Waals surface area contributed by atoms with Gasteiger partial charge in [-0.05, 0) is 59.7 Å². The van der Waals surface area contributed by atoms with Gasteiger partial charge in [0, 0.05) is 45.2 Å². The molecule has 1 N–H and O–H groups in total. The van der Waals surface area contributed by atoms with Crippen LogP contribution in [-0.2, 0) is 11.3 Å². The zero-order valence-electron chi connectivity index (χ0n) is 20.5. The SMILES string of the molecule is COc1ccccc1N1CCN(Cc2ccc(C(=O)N/N=C\c3ccc(OC(C)=O)cc3)cc2)CC1. The van der Waals surface area contributed by atoms with Gasteiger partial charge in [-0.15, -0.1) is 0 Å². The van der Waals surface area contributed by atoms with Crippen molar-refractivity contribution in [2.45, 2.75) is 13.5 Å². The molecule has 3 aromatic rings. The molecule has 1 heterocycles. The lowest BCUT2D eigenvalue weighted by Crippen LogP contribution is -2.46. The first-order valence-corrected chi connectivity index (χ1v) is 11.8. The highest BCUT2D eigenvalue weighted by Gasteiger charge is 2.19. The molecule has 1 amide bonds. The van der Waals surface area contributed by atoms with Gasteiger partial charge >= 0.3 is 5.97 Å². The standard InChI is InChI=1S/C28H30N4O4/c1-21(33)36-25-13-9-22(10-14-25)19-29-30-28(34)24-11-7-23(8-12-24)20-31-15-17-32(18-16-31)26-5-3-4-6-27(26)35-2/h3-14,19H,15-18,20H2,1-2H3,(H,30,34)/b29-19-. The van der Waals surface area contributed by atoms with Crippen LogP contribution < -0.4 is 19.8 Å². The van der Waals surface area contributed by atoms with Crippen LogP contribution in [0.25, 0.3) is 0 Å². The molecule has 0 aliphatic carbocycles. The van der Waals surface area contributed by atoms with Crippen LogP contribution in [0.2, 0.25) is 0 Å². The van der Waals surface area contributed by atoms with Gasteiger partial charge in [-0.25, -0.2) is 5.43 Å². The van der Waals surface area contributed by atoms with Crippen molar-refractivity contribution in [3.63, 3.8) is 0 Å². The molecule has 8 heteroatoms. The van der Waals surface area contributed by atoms with E-state index in [-0.39, 0.29) is 11.9 Å². The number of piperazine rings is 1. The Morgan fingerprint density at radius 1 is 0.944 bits per heavy atom. The number of methoxy groups -OCH3 is 1. The van der Waals surface area contributed by atoms with Crippen molar-refractivity contribution in [2.75, 3.05) is 38.2 Å². The number of carbonyl (C=O) groups is 2. The molecule has 186 valence electrons. The maximum atomic E-state index is 12.4. The second-order valence-electron chi connectivity index (χ2n) is 8.49. The third-order valence-corrected chi connectivity index (χ3v) is 5.94. The molecule has 0 unspecified atom stereocenters. The summed E-state index contributed by atoms with van der Waals surface area (Å²) >= 11 is 0. The van der Waals surface area contributed by atoms with Crippen molar-refractivity contribution >= 4 is 23.8 Å². The lowest BCUT2D eigenvalue weighted by molar-refractivity contribution is -0.131. The van der Waals surface area contributed by atoms with Gasteiger partial charge in [-0.1, -0.05) is 24.3 Å². The topological polar surface area (TPSA) is 83.5 Å². The number of para-hydroxylation sites is 2. The number of hydrogen-bond acceptors (Lipinski definition) is 7. The molecule has 0 radical (unpaired) electrons. The number of carbonyl (C=O) groups excluding carboxylic acids is 2. The predicted molar refractivity (Wildman–Crippen MR) is 140 cm³/mol. The van der Waals surface area contributed by atoms with Gasteiger partial charge < -0.3 is 14.4 Å². The van der Waals surface area contributed by atoms with Gasteiger partial charge in [-0.3, -0.25) is 14.5 Å². The number of ether oxygens (including phenoxy) is 2. The molecule has 0 spiro atoms. The first-order valence-electron chi connectivity index (χ1n) is 11.8. The summed E-state index contributed by atoms with van der Waals surface area (Å²) in [6, 6.07) is 22.6. The smallest absolute Gasteiger partial charge is 0.308 e. The van der Waals surface area contributed by atoms with Gasteiger partial charge in [0.15, 0.2) is 0 Å². The predicted octanol–water partition coefficient (Wildman–Crippen LogP) is 3.71. The van der Waals surface area contributed by atoms with Crippen LogP contribution in [0.15, 0.2) is 77.9 Å². The quantitative estimate of drug-likeness (QED) is 0.226. The number of nitrogens with one attached hydrogen (secondary N) is 1. The van der Waals surface area contributed by atoms with Gasteiger partial charge in [-0.2, -0.15) is 5.10 Å². The fourth-order valence-corrected chi connectivity index (χ4v) is 4.08. The summed E-state index contributed by atoms with van der Waals surface area (Å²) in [5.41, 5.74) is 6.15. The Bertz CT molecular complexity index is 1200. The van der Waals surface area contributed by atoms with E-state index in [4.69, 9.17) is 9.47 Å². The monoisotopic (exact) mass is 486 g/mol. The Labute approximate surface area is 211 Å². The van der Waals surface area contributed by atoms with Crippen LogP contribution in [0.3, 0.4) is 0 Å². The molecule has 0 aromatic heterocycles. The zero-order valence-corrected chi connectivity index (χ0v) is 20.5. The lowest BCUT2D eigenvalue weighted by atomic mass is 10.1. The van der Waals surface area contributed by atoms with Crippen LogP contribution in [0.5, 0.6) is 11.5 Å². The van der Waals surface area contributed by atoms with Gasteiger partial charge in [0.25, 0.3) is 5.91 Å². The fourth-order valence-electron chi connectivity index (χ4n) is 4.08. The summed E-state index contributed by atoms with van der Waals surface area (Å²) < 4.78 is 10.5. The molecule has 1 fully saturated rings. The van der Waals surface area contributed by atoms with Gasteiger partial charge in [0.05, 0.1) is 19.0 Å². The third-order valence-electron chi connectivity index (χ3n) is 5.94. The van der Waals surface area contributed by atoms with Crippen LogP contribution in [0, 0.1) is 0 Å². The fraction of sp³-hybridized carbons (Fsp3) is 0.250. The van der Waals surface area contributed by atoms with Crippen molar-refractivity contribution in [2.24, 2.45) is 5.10 Å². The number of anilines is 1. The second kappa shape index (κ2) is 12.0. The normalized spacial score (nSPS) is 14.0. The first-order chi connectivity index (χ1) is 17.5. The number of hydrogen-bond donors (Lipinski definition) is 1. The van der Waals surface area contributed by atoms with Crippen molar-refractivity contribution in [1.82, 2.24) is 10.3 Å². The molecule has 1 aliphatic heterocycles. The van der Waals surface area contributed by atoms with Crippen LogP contribution in [-0.4, -0.2) is 56.3 Å². The molecule has 4 rings (SSSR count). The average Bonchev–Trinajstić information content (AvgIpc) is 2.90. The zero-order chi connectivity index (χ0) is 25.3. The third kappa shape index (κ3) is 6.70. The van der Waals surface area contributed by atoms with E-state index in [2.05, 4.69) is 26.4 Å². The summed E-state index contributed by atoms with van der Waals surface area (Å²) in [7, 11) is 1.71. The molecule has 3 aromatic carbocycles. The number of benzene rings is 3. The number of rotatable bonds is 8. The minimum atomic E-state index is -0.374. The molecule has 0 atom stereocenters. The van der Waals surface area contributed by atoms with Crippen LogP contribution >= 0.6 is 0 Å². The molecule has 1 saturated heterocycles. The molecule has 0 bridgehead atoms. The highest BCUT2D eigenvalue weighted by Crippen LogP contribution is 2.28. The number of amides is 1. The largest absolute Gasteiger partial charge is 0.495 e. The van der Waals surface area contributed by atoms with E-state index in [9.17, 15) is 9.59 Å². The number of esters is 1. The molecule has 8 nitrogen and oxygen atoms in total. The van der Waals surface area contributed by atoms with E-state index in [1.54, 1.807) is 31.4 Å². The Kier molecular flexibility index (Phi) is 8.31. The van der Waals surface area contributed by atoms with E-state index in [1.807, 2.05) is 42.5 Å². The number of nitrogens with zero attached hydrogens (tertiary/aromatic N) is 3. The van der Waals surface area contributed by atoms with Crippen molar-refractivity contribution in [3.05, 3.63) is 89.5 Å². The maximum absolute atomic E-state index is 12.4. The molecular formula is C28H30N4O4. The van der Waals surface area contributed by atoms with E-state index < -0.39 is 0 Å². The summed E-state index contributed by atoms with van der Waals surface area (Å²) in [6.07, 6.45) is 1.54. The highest BCUT2D eigenvalue weighted by atomic mass is 16.5. The van der Waals surface area contributed by atoms with Crippen molar-refractivity contribution in [1.29, 1.82) is 0 Å². The van der Waals surface area contributed by atoms with Gasteiger partial charge in [0.1, 0.15) is 11.5 Å². The Morgan fingerprint density at radius 2 is 1.64 bits per heavy atom. The van der Waals surface area contributed by atoms with Crippen LogP contribution in [0.1, 0.15) is 28.4 Å². The van der Waals surface area contributed by atoms with Gasteiger partial charge in [0.2, 0.25) is 0 Å². The Balaban J connectivity index is 1.24. The molecule has 1 aliphatic rings. The minimum Gasteiger partial charge on any atom is -0.495 e. The lowest BCUT2D eigenvalue weighted by Gasteiger charge is -2.36. The summed E-state index contributed by atoms with van der Waals surface area (Å²) in [5.74, 6) is 0.713. The average molecular weight is 487 g/mol. The van der Waals surface area contributed by atoms with E-state index in [0.717, 1.165) is 55.3 Å². The molecule has 36 heavy (non-hydrogen) atoms. The summed E-state index contributed by atoms with van der Waals surface area (Å²) in [5, 5.41) is 4.01. The summed E-state index contributed by atoms with van der Waals surface area (Å²) in [4.78, 5) is 28.2. The van der Waals surface area contributed by atoms with E-state index >= 15 is 0 Å². The minimum absolute atomic E-state index is 0.278. The molecule has 0 saturated carbocycles. The van der Waals surface area contributed by atoms with E-state index in [0.29, 0.717) is 11.3 Å².